The van der Waals surface area contributed by atoms with Crippen molar-refractivity contribution in [1.82, 2.24) is 4.98 Å². The van der Waals surface area contributed by atoms with Gasteiger partial charge >= 0.3 is 0 Å². The normalized spacial score (nSPS) is 10.8. The smallest absolute Gasteiger partial charge is 0.250 e. The lowest BCUT2D eigenvalue weighted by atomic mass is 10.2. The third kappa shape index (κ3) is 1.93. The minimum absolute atomic E-state index is 0.0324. The van der Waals surface area contributed by atoms with Gasteiger partial charge in [0.2, 0.25) is 0 Å². The highest BCUT2D eigenvalue weighted by Crippen LogP contribution is 2.17. The van der Waals surface area contributed by atoms with Crippen LogP contribution in [0.1, 0.15) is 23.0 Å². The molecule has 0 radical (unpaired) electrons. The van der Waals surface area contributed by atoms with E-state index in [1.807, 2.05) is 0 Å². The Balaban J connectivity index is 3.30. The first kappa shape index (κ1) is 10.3. The Morgan fingerprint density at radius 1 is 1.71 bits per heavy atom. The fraction of sp³-hybridized carbons (Fsp3) is 0.222. The summed E-state index contributed by atoms with van der Waals surface area (Å²) in [6, 6.07) is 1.05. The van der Waals surface area contributed by atoms with Crippen molar-refractivity contribution < 1.29 is 9.18 Å². The SMILES string of the molecule is CC=Nc1nc(C)c(C(N)=O)cc1F. The van der Waals surface area contributed by atoms with Crippen molar-refractivity contribution in [1.29, 1.82) is 0 Å². The number of carbonyl (C=O) groups is 1. The minimum Gasteiger partial charge on any atom is -0.366 e. The number of nitrogens with zero attached hydrogens (tertiary/aromatic N) is 2. The molecule has 4 nitrogen and oxygen atoms in total. The molecule has 1 rings (SSSR count). The number of rotatable bonds is 2. The molecule has 0 aliphatic carbocycles. The first-order chi connectivity index (χ1) is 6.56. The maximum absolute atomic E-state index is 13.2. The zero-order chi connectivity index (χ0) is 10.7. The summed E-state index contributed by atoms with van der Waals surface area (Å²) in [6.07, 6.45) is 1.43. The molecule has 0 fully saturated rings. The average molecular weight is 195 g/mol. The number of halogens is 1. The maximum atomic E-state index is 13.2. The van der Waals surface area contributed by atoms with Crippen LogP contribution in [-0.2, 0) is 0 Å². The molecule has 1 heterocycles. The number of aryl methyl sites for hydroxylation is 1. The number of nitrogens with two attached hydrogens (primary N) is 1. The van der Waals surface area contributed by atoms with Gasteiger partial charge in [-0.2, -0.15) is 0 Å². The lowest BCUT2D eigenvalue weighted by Gasteiger charge is -2.02. The third-order valence-electron chi connectivity index (χ3n) is 1.66. The van der Waals surface area contributed by atoms with E-state index in [9.17, 15) is 9.18 Å². The van der Waals surface area contributed by atoms with Gasteiger partial charge in [0.1, 0.15) is 0 Å². The lowest BCUT2D eigenvalue weighted by molar-refractivity contribution is 0.0999. The Morgan fingerprint density at radius 3 is 2.86 bits per heavy atom. The van der Waals surface area contributed by atoms with E-state index in [1.54, 1.807) is 13.8 Å². The molecule has 1 aromatic heterocycles. The van der Waals surface area contributed by atoms with Gasteiger partial charge < -0.3 is 5.73 Å². The van der Waals surface area contributed by atoms with E-state index in [2.05, 4.69) is 9.98 Å². The monoisotopic (exact) mass is 195 g/mol. The molecule has 0 saturated carbocycles. The van der Waals surface area contributed by atoms with E-state index in [-0.39, 0.29) is 11.4 Å². The van der Waals surface area contributed by atoms with Gasteiger partial charge in [-0.15, -0.1) is 0 Å². The second kappa shape index (κ2) is 3.95. The van der Waals surface area contributed by atoms with Crippen LogP contribution in [0.5, 0.6) is 0 Å². The van der Waals surface area contributed by atoms with Gasteiger partial charge in [-0.25, -0.2) is 14.4 Å². The highest BCUT2D eigenvalue weighted by atomic mass is 19.1. The molecular formula is C9H10FN3O. The third-order valence-corrected chi connectivity index (χ3v) is 1.66. The second-order valence-corrected chi connectivity index (χ2v) is 2.68. The first-order valence-corrected chi connectivity index (χ1v) is 4.02. The van der Waals surface area contributed by atoms with Gasteiger partial charge in [0.25, 0.3) is 5.91 Å². The molecule has 0 spiro atoms. The lowest BCUT2D eigenvalue weighted by Crippen LogP contribution is -2.14. The van der Waals surface area contributed by atoms with Crippen LogP contribution in [0.4, 0.5) is 10.2 Å². The molecular weight excluding hydrogens is 185 g/mol. The van der Waals surface area contributed by atoms with Crippen LogP contribution in [0, 0.1) is 12.7 Å². The van der Waals surface area contributed by atoms with Gasteiger partial charge in [0, 0.05) is 6.21 Å². The number of carbonyl (C=O) groups excluding carboxylic acids is 1. The number of primary amides is 1. The molecule has 0 aromatic carbocycles. The Bertz CT molecular complexity index is 401. The van der Waals surface area contributed by atoms with E-state index in [4.69, 9.17) is 5.73 Å². The zero-order valence-corrected chi connectivity index (χ0v) is 7.91. The number of pyridine rings is 1. The molecule has 0 bridgehead atoms. The largest absolute Gasteiger partial charge is 0.366 e. The predicted octanol–water partition coefficient (Wildman–Crippen LogP) is 1.35. The molecule has 1 amide bonds. The quantitative estimate of drug-likeness (QED) is 0.723. The summed E-state index contributed by atoms with van der Waals surface area (Å²) in [7, 11) is 0. The number of aromatic nitrogens is 1. The second-order valence-electron chi connectivity index (χ2n) is 2.68. The molecule has 0 aliphatic heterocycles. The van der Waals surface area contributed by atoms with Gasteiger partial charge in [0.05, 0.1) is 11.3 Å². The molecule has 1 aromatic rings. The summed E-state index contributed by atoms with van der Waals surface area (Å²) in [4.78, 5) is 18.3. The fourth-order valence-electron chi connectivity index (χ4n) is 1.03. The highest BCUT2D eigenvalue weighted by Gasteiger charge is 2.11. The highest BCUT2D eigenvalue weighted by molar-refractivity contribution is 5.94. The summed E-state index contributed by atoms with van der Waals surface area (Å²) >= 11 is 0. The molecule has 14 heavy (non-hydrogen) atoms. The molecule has 74 valence electrons. The first-order valence-electron chi connectivity index (χ1n) is 4.02. The minimum atomic E-state index is -0.694. The van der Waals surface area contributed by atoms with Crippen LogP contribution < -0.4 is 5.73 Å². The van der Waals surface area contributed by atoms with E-state index >= 15 is 0 Å². The Morgan fingerprint density at radius 2 is 2.36 bits per heavy atom. The van der Waals surface area contributed by atoms with Crippen LogP contribution >= 0.6 is 0 Å². The van der Waals surface area contributed by atoms with Gasteiger partial charge in [-0.1, -0.05) is 0 Å². The van der Waals surface area contributed by atoms with Gasteiger partial charge in [0.15, 0.2) is 11.6 Å². The molecule has 0 unspecified atom stereocenters. The molecule has 0 aliphatic rings. The van der Waals surface area contributed by atoms with E-state index in [0.717, 1.165) is 6.07 Å². The van der Waals surface area contributed by atoms with Crippen LogP contribution in [0.3, 0.4) is 0 Å². The van der Waals surface area contributed by atoms with Crippen molar-refractivity contribution in [3.8, 4) is 0 Å². The van der Waals surface area contributed by atoms with Gasteiger partial charge in [-0.05, 0) is 19.9 Å². The van der Waals surface area contributed by atoms with Crippen LogP contribution in [0.2, 0.25) is 0 Å². The van der Waals surface area contributed by atoms with Gasteiger partial charge in [-0.3, -0.25) is 4.79 Å². The standard InChI is InChI=1S/C9H10FN3O/c1-3-12-9-7(10)4-6(8(11)14)5(2)13-9/h3-4H,1-2H3,(H2,11,14). The summed E-state index contributed by atoms with van der Waals surface area (Å²) in [5.74, 6) is -1.38. The predicted molar refractivity (Wildman–Crippen MR) is 51.3 cm³/mol. The number of amides is 1. The Hall–Kier alpha value is -1.78. The number of aliphatic imine (C=N–C) groups is 1. The summed E-state index contributed by atoms with van der Waals surface area (Å²) in [6.45, 7) is 3.23. The van der Waals surface area contributed by atoms with Crippen molar-refractivity contribution in [3.05, 3.63) is 23.1 Å². The summed E-state index contributed by atoms with van der Waals surface area (Å²) in [5, 5.41) is 0. The van der Waals surface area contributed by atoms with Crippen molar-refractivity contribution in [2.24, 2.45) is 10.7 Å². The summed E-state index contributed by atoms with van der Waals surface area (Å²) in [5.41, 5.74) is 5.48. The molecule has 0 saturated heterocycles. The van der Waals surface area contributed by atoms with Crippen LogP contribution in [0.25, 0.3) is 0 Å². The number of hydrogen-bond donors (Lipinski definition) is 1. The van der Waals surface area contributed by atoms with Crippen molar-refractivity contribution in [2.75, 3.05) is 0 Å². The van der Waals surface area contributed by atoms with E-state index in [0.29, 0.717) is 5.69 Å². The Kier molecular flexibility index (Phi) is 2.91. The summed E-state index contributed by atoms with van der Waals surface area (Å²) < 4.78 is 13.2. The van der Waals surface area contributed by atoms with Crippen molar-refractivity contribution >= 4 is 17.9 Å². The Labute approximate surface area is 80.7 Å². The van der Waals surface area contributed by atoms with Crippen molar-refractivity contribution in [2.45, 2.75) is 13.8 Å². The van der Waals surface area contributed by atoms with Crippen LogP contribution in [-0.4, -0.2) is 17.1 Å². The molecule has 0 atom stereocenters. The van der Waals surface area contributed by atoms with Crippen LogP contribution in [0.15, 0.2) is 11.1 Å². The topological polar surface area (TPSA) is 68.3 Å². The van der Waals surface area contributed by atoms with E-state index in [1.165, 1.54) is 6.21 Å². The number of hydrogen-bond acceptors (Lipinski definition) is 3. The molecule has 2 N–H and O–H groups in total. The average Bonchev–Trinajstić information content (AvgIpc) is 2.10. The zero-order valence-electron chi connectivity index (χ0n) is 7.91. The maximum Gasteiger partial charge on any atom is 0.250 e. The fourth-order valence-corrected chi connectivity index (χ4v) is 1.03. The van der Waals surface area contributed by atoms with E-state index < -0.39 is 11.7 Å². The molecule has 5 heteroatoms. The van der Waals surface area contributed by atoms with Crippen molar-refractivity contribution in [3.63, 3.8) is 0 Å².